The highest BCUT2D eigenvalue weighted by molar-refractivity contribution is 5.86. The van der Waals surface area contributed by atoms with Crippen molar-refractivity contribution in [1.29, 1.82) is 0 Å². The molecule has 1 N–H and O–H groups in total. The molecule has 1 aliphatic heterocycles. The van der Waals surface area contributed by atoms with E-state index in [0.717, 1.165) is 30.4 Å². The Morgan fingerprint density at radius 1 is 1.18 bits per heavy atom. The molecule has 3 rings (SSSR count). The highest BCUT2D eigenvalue weighted by atomic mass is 16.5. The molecule has 154 valence electrons. The summed E-state index contributed by atoms with van der Waals surface area (Å²) >= 11 is 0. The van der Waals surface area contributed by atoms with Crippen LogP contribution in [-0.4, -0.2) is 62.5 Å². The van der Waals surface area contributed by atoms with Crippen LogP contribution in [0.5, 0.6) is 5.75 Å². The summed E-state index contributed by atoms with van der Waals surface area (Å²) in [7, 11) is 5.24. The number of ether oxygens (including phenoxy) is 1. The number of benzene rings is 1. The van der Waals surface area contributed by atoms with Gasteiger partial charge in [-0.2, -0.15) is 0 Å². The predicted octanol–water partition coefficient (Wildman–Crippen LogP) is 2.89. The average Bonchev–Trinajstić information content (AvgIpc) is 3.11. The van der Waals surface area contributed by atoms with Gasteiger partial charge in [0.2, 0.25) is 5.91 Å². The number of carbonyl (C=O) groups is 1. The Morgan fingerprint density at radius 3 is 2.54 bits per heavy atom. The van der Waals surface area contributed by atoms with Gasteiger partial charge < -0.3 is 19.9 Å². The van der Waals surface area contributed by atoms with E-state index < -0.39 is 0 Å². The Hall–Kier alpha value is -2.24. The smallest absolute Gasteiger partial charge is 0.241 e. The lowest BCUT2D eigenvalue weighted by atomic mass is 9.73. The number of likely N-dealkylation sites (N-methyl/N-ethyl adjacent to an activating group) is 1. The number of rotatable bonds is 5. The summed E-state index contributed by atoms with van der Waals surface area (Å²) in [4.78, 5) is 20.9. The van der Waals surface area contributed by atoms with Gasteiger partial charge in [-0.05, 0) is 42.4 Å². The van der Waals surface area contributed by atoms with Gasteiger partial charge in [-0.15, -0.1) is 0 Å². The summed E-state index contributed by atoms with van der Waals surface area (Å²) in [5.74, 6) is 1.76. The molecule has 0 aromatic heterocycles. The van der Waals surface area contributed by atoms with Gasteiger partial charge in [0, 0.05) is 27.2 Å². The van der Waals surface area contributed by atoms with Crippen LogP contribution >= 0.6 is 0 Å². The van der Waals surface area contributed by atoms with E-state index in [-0.39, 0.29) is 12.5 Å². The zero-order chi connectivity index (χ0) is 20.0. The molecule has 1 aromatic carbocycles. The number of methoxy groups -OCH3 is 1. The molecule has 28 heavy (non-hydrogen) atoms. The van der Waals surface area contributed by atoms with E-state index in [4.69, 9.17) is 9.73 Å². The number of carbonyl (C=O) groups excluding carboxylic acids is 1. The maximum absolute atomic E-state index is 12.1. The third kappa shape index (κ3) is 5.18. The van der Waals surface area contributed by atoms with Gasteiger partial charge in [0.1, 0.15) is 5.75 Å². The number of likely N-dealkylation sites (tertiary alicyclic amines) is 1. The summed E-state index contributed by atoms with van der Waals surface area (Å²) < 4.78 is 5.23. The lowest BCUT2D eigenvalue weighted by Gasteiger charge is -2.33. The van der Waals surface area contributed by atoms with Crippen LogP contribution in [0.1, 0.15) is 44.1 Å². The summed E-state index contributed by atoms with van der Waals surface area (Å²) in [6.45, 7) is 2.94. The van der Waals surface area contributed by atoms with Crippen LogP contribution in [0.25, 0.3) is 0 Å². The topological polar surface area (TPSA) is 57.2 Å². The van der Waals surface area contributed by atoms with Crippen molar-refractivity contribution < 1.29 is 9.53 Å². The first-order valence-corrected chi connectivity index (χ1v) is 10.4. The van der Waals surface area contributed by atoms with Gasteiger partial charge in [-0.25, -0.2) is 4.99 Å². The van der Waals surface area contributed by atoms with Crippen LogP contribution in [0.3, 0.4) is 0 Å². The molecule has 6 heteroatoms. The number of hydrogen-bond acceptors (Lipinski definition) is 3. The quantitative estimate of drug-likeness (QED) is 0.624. The van der Waals surface area contributed by atoms with Gasteiger partial charge in [-0.1, -0.05) is 31.4 Å². The summed E-state index contributed by atoms with van der Waals surface area (Å²) in [6, 6.07) is 8.00. The van der Waals surface area contributed by atoms with Crippen molar-refractivity contribution in [1.82, 2.24) is 15.1 Å². The molecule has 1 heterocycles. The van der Waals surface area contributed by atoms with Crippen molar-refractivity contribution in [2.75, 3.05) is 40.8 Å². The number of hydrogen-bond donors (Lipinski definition) is 1. The first-order chi connectivity index (χ1) is 13.5. The Kier molecular flexibility index (Phi) is 6.81. The van der Waals surface area contributed by atoms with Crippen molar-refractivity contribution in [3.05, 3.63) is 29.8 Å². The average molecular weight is 387 g/mol. The third-order valence-electron chi connectivity index (χ3n) is 6.12. The van der Waals surface area contributed by atoms with Crippen LogP contribution in [-0.2, 0) is 11.3 Å². The van der Waals surface area contributed by atoms with E-state index in [1.165, 1.54) is 38.5 Å². The normalized spacial score (nSPS) is 19.0. The van der Waals surface area contributed by atoms with Gasteiger partial charge in [-0.3, -0.25) is 4.79 Å². The Morgan fingerprint density at radius 2 is 1.89 bits per heavy atom. The first kappa shape index (κ1) is 20.5. The van der Waals surface area contributed by atoms with Crippen molar-refractivity contribution in [2.24, 2.45) is 10.4 Å². The zero-order valence-corrected chi connectivity index (χ0v) is 17.5. The lowest BCUT2D eigenvalue weighted by molar-refractivity contribution is -0.127. The zero-order valence-electron chi connectivity index (χ0n) is 17.5. The molecule has 0 bridgehead atoms. The molecule has 2 aliphatic rings. The van der Waals surface area contributed by atoms with Gasteiger partial charge in [0.05, 0.1) is 20.2 Å². The van der Waals surface area contributed by atoms with Crippen molar-refractivity contribution >= 4 is 11.9 Å². The van der Waals surface area contributed by atoms with Crippen molar-refractivity contribution in [3.63, 3.8) is 0 Å². The molecule has 1 aromatic rings. The standard InChI is InChI=1S/C22H34N4O2/c1-25(2)20(27)16-24-21(23-15-18-7-9-19(28-3)10-8-18)26-14-13-22(17-26)11-5-4-6-12-22/h7-10H,4-6,11-17H2,1-3H3,(H,23,24). The number of nitrogens with one attached hydrogen (secondary N) is 1. The fourth-order valence-electron chi connectivity index (χ4n) is 4.30. The summed E-state index contributed by atoms with van der Waals surface area (Å²) in [5, 5.41) is 3.32. The van der Waals surface area contributed by atoms with Crippen LogP contribution in [0, 0.1) is 5.41 Å². The molecule has 1 aliphatic carbocycles. The van der Waals surface area contributed by atoms with Crippen LogP contribution < -0.4 is 10.1 Å². The van der Waals surface area contributed by atoms with E-state index >= 15 is 0 Å². The van der Waals surface area contributed by atoms with E-state index in [0.29, 0.717) is 12.0 Å². The highest BCUT2D eigenvalue weighted by Gasteiger charge is 2.39. The monoisotopic (exact) mass is 386 g/mol. The van der Waals surface area contributed by atoms with E-state index in [9.17, 15) is 4.79 Å². The molecule has 0 atom stereocenters. The first-order valence-electron chi connectivity index (χ1n) is 10.4. The number of guanidine groups is 1. The Balaban J connectivity index is 1.69. The largest absolute Gasteiger partial charge is 0.497 e. The minimum atomic E-state index is 0.0590. The fraction of sp³-hybridized carbons (Fsp3) is 0.636. The third-order valence-corrected chi connectivity index (χ3v) is 6.12. The molecule has 1 spiro atoms. The predicted molar refractivity (Wildman–Crippen MR) is 113 cm³/mol. The van der Waals surface area contributed by atoms with Gasteiger partial charge >= 0.3 is 0 Å². The van der Waals surface area contributed by atoms with E-state index in [1.807, 2.05) is 24.3 Å². The molecular formula is C22H34N4O2. The van der Waals surface area contributed by atoms with Crippen LogP contribution in [0.4, 0.5) is 0 Å². The number of aliphatic imine (C=N–C) groups is 1. The molecule has 1 saturated carbocycles. The SMILES string of the molecule is COc1ccc(CN=C(NCC(=O)N(C)C)N2CCC3(CCCCC3)C2)cc1. The Bertz CT molecular complexity index is 678. The maximum Gasteiger partial charge on any atom is 0.241 e. The van der Waals surface area contributed by atoms with Crippen molar-refractivity contribution in [2.45, 2.75) is 45.1 Å². The number of amides is 1. The number of nitrogens with zero attached hydrogens (tertiary/aromatic N) is 3. The second-order valence-corrected chi connectivity index (χ2v) is 8.36. The van der Waals surface area contributed by atoms with Gasteiger partial charge in [0.15, 0.2) is 5.96 Å². The molecule has 2 fully saturated rings. The summed E-state index contributed by atoms with van der Waals surface area (Å²) in [6.07, 6.45) is 7.95. The molecule has 6 nitrogen and oxygen atoms in total. The molecular weight excluding hydrogens is 352 g/mol. The molecule has 0 radical (unpaired) electrons. The van der Waals surface area contributed by atoms with E-state index in [1.54, 1.807) is 26.1 Å². The van der Waals surface area contributed by atoms with Crippen LogP contribution in [0.2, 0.25) is 0 Å². The van der Waals surface area contributed by atoms with Crippen LogP contribution in [0.15, 0.2) is 29.3 Å². The van der Waals surface area contributed by atoms with Crippen molar-refractivity contribution in [3.8, 4) is 5.75 Å². The minimum absolute atomic E-state index is 0.0590. The molecule has 1 amide bonds. The second-order valence-electron chi connectivity index (χ2n) is 8.36. The Labute approximate surface area is 168 Å². The lowest BCUT2D eigenvalue weighted by Crippen LogP contribution is -2.45. The highest BCUT2D eigenvalue weighted by Crippen LogP contribution is 2.43. The molecule has 1 saturated heterocycles. The minimum Gasteiger partial charge on any atom is -0.497 e. The fourth-order valence-corrected chi connectivity index (χ4v) is 4.30. The van der Waals surface area contributed by atoms with Gasteiger partial charge in [0.25, 0.3) is 0 Å². The second kappa shape index (κ2) is 9.30. The van der Waals surface area contributed by atoms with E-state index in [2.05, 4.69) is 10.2 Å². The maximum atomic E-state index is 12.1. The summed E-state index contributed by atoms with van der Waals surface area (Å²) in [5.41, 5.74) is 1.58. The molecule has 0 unspecified atom stereocenters.